The molecule has 0 bridgehead atoms. The molecule has 0 aromatic carbocycles. The first-order valence-electron chi connectivity index (χ1n) is 6.36. The molecule has 2 aromatic rings. The average Bonchev–Trinajstić information content (AvgIpc) is 3.02. The highest BCUT2D eigenvalue weighted by molar-refractivity contribution is 7.09. The summed E-state index contributed by atoms with van der Waals surface area (Å²) in [7, 11) is 2.02. The number of aromatic nitrogens is 2. The van der Waals surface area contributed by atoms with Crippen molar-refractivity contribution >= 4 is 22.9 Å². The van der Waals surface area contributed by atoms with E-state index < -0.39 is 0 Å². The third-order valence-electron chi connectivity index (χ3n) is 3.00. The summed E-state index contributed by atoms with van der Waals surface area (Å²) in [5, 5.41) is 9.79. The molecule has 0 aliphatic rings. The normalized spacial score (nSPS) is 12.8. The Hall–Kier alpha value is -0.780. The number of hydrogen-bond acceptors (Lipinski definition) is 5. The lowest BCUT2D eigenvalue weighted by atomic mass is 10.1. The second-order valence-corrected chi connectivity index (χ2v) is 6.11. The molecule has 2 heterocycles. The van der Waals surface area contributed by atoms with E-state index >= 15 is 0 Å². The van der Waals surface area contributed by atoms with E-state index in [1.165, 1.54) is 27.0 Å². The van der Waals surface area contributed by atoms with E-state index in [1.54, 1.807) is 0 Å². The van der Waals surface area contributed by atoms with Crippen LogP contribution in [-0.2, 0) is 12.8 Å². The van der Waals surface area contributed by atoms with Crippen LogP contribution in [0.1, 0.15) is 41.3 Å². The summed E-state index contributed by atoms with van der Waals surface area (Å²) < 4.78 is 4.11. The topological polar surface area (TPSA) is 37.8 Å². The van der Waals surface area contributed by atoms with Gasteiger partial charge in [0.15, 0.2) is 0 Å². The van der Waals surface area contributed by atoms with Gasteiger partial charge in [0.25, 0.3) is 0 Å². The minimum atomic E-state index is 0.383. The summed E-state index contributed by atoms with van der Waals surface area (Å²) in [6.45, 7) is 2.18. The fourth-order valence-corrected chi connectivity index (χ4v) is 3.60. The van der Waals surface area contributed by atoms with Crippen molar-refractivity contribution in [2.24, 2.45) is 0 Å². The predicted molar refractivity (Wildman–Crippen MR) is 78.3 cm³/mol. The maximum Gasteiger partial charge on any atom is 0.0803 e. The Morgan fingerprint density at radius 3 is 2.94 bits per heavy atom. The first kappa shape index (κ1) is 13.6. The van der Waals surface area contributed by atoms with E-state index in [0.29, 0.717) is 6.04 Å². The SMILES string of the molecule is CCCc1nnsc1C(CCc1cccs1)NC. The average molecular weight is 281 g/mol. The van der Waals surface area contributed by atoms with Gasteiger partial charge in [0.1, 0.15) is 0 Å². The van der Waals surface area contributed by atoms with Crippen LogP contribution in [0.15, 0.2) is 17.5 Å². The summed E-state index contributed by atoms with van der Waals surface area (Å²) in [5.74, 6) is 0. The van der Waals surface area contributed by atoms with Gasteiger partial charge in [-0.3, -0.25) is 0 Å². The monoisotopic (exact) mass is 281 g/mol. The highest BCUT2D eigenvalue weighted by Gasteiger charge is 2.17. The molecular formula is C13H19N3S2. The second-order valence-electron chi connectivity index (χ2n) is 4.29. The Morgan fingerprint density at radius 2 is 2.28 bits per heavy atom. The van der Waals surface area contributed by atoms with Crippen LogP contribution in [0.3, 0.4) is 0 Å². The molecule has 2 rings (SSSR count). The smallest absolute Gasteiger partial charge is 0.0803 e. The summed E-state index contributed by atoms with van der Waals surface area (Å²) in [6, 6.07) is 4.70. The molecule has 1 N–H and O–H groups in total. The van der Waals surface area contributed by atoms with Crippen molar-refractivity contribution in [3.63, 3.8) is 0 Å². The van der Waals surface area contributed by atoms with Crippen LogP contribution in [0, 0.1) is 0 Å². The summed E-state index contributed by atoms with van der Waals surface area (Å²) >= 11 is 3.37. The number of nitrogens with zero attached hydrogens (tertiary/aromatic N) is 2. The second kappa shape index (κ2) is 6.97. The zero-order chi connectivity index (χ0) is 12.8. The van der Waals surface area contributed by atoms with Gasteiger partial charge in [-0.15, -0.1) is 16.4 Å². The molecule has 0 aliphatic carbocycles. The van der Waals surface area contributed by atoms with Crippen molar-refractivity contribution < 1.29 is 0 Å². The molecule has 3 nitrogen and oxygen atoms in total. The first-order chi connectivity index (χ1) is 8.85. The Balaban J connectivity index is 2.01. The Bertz CT molecular complexity index is 451. The zero-order valence-electron chi connectivity index (χ0n) is 10.8. The van der Waals surface area contributed by atoms with Crippen LogP contribution in [0.2, 0.25) is 0 Å². The Kier molecular flexibility index (Phi) is 5.28. The molecule has 5 heteroatoms. The molecule has 0 radical (unpaired) electrons. The lowest BCUT2D eigenvalue weighted by molar-refractivity contribution is 0.553. The van der Waals surface area contributed by atoms with E-state index in [9.17, 15) is 0 Å². The quantitative estimate of drug-likeness (QED) is 0.844. The van der Waals surface area contributed by atoms with Crippen LogP contribution in [0.4, 0.5) is 0 Å². The number of hydrogen-bond donors (Lipinski definition) is 1. The van der Waals surface area contributed by atoms with E-state index in [0.717, 1.165) is 25.7 Å². The number of aryl methyl sites for hydroxylation is 2. The minimum absolute atomic E-state index is 0.383. The first-order valence-corrected chi connectivity index (χ1v) is 8.01. The van der Waals surface area contributed by atoms with Crippen molar-refractivity contribution in [3.05, 3.63) is 33.0 Å². The highest BCUT2D eigenvalue weighted by atomic mass is 32.1. The summed E-state index contributed by atoms with van der Waals surface area (Å²) in [6.07, 6.45) is 4.38. The van der Waals surface area contributed by atoms with Crippen molar-refractivity contribution in [3.8, 4) is 0 Å². The maximum atomic E-state index is 4.25. The van der Waals surface area contributed by atoms with Gasteiger partial charge in [-0.1, -0.05) is 23.9 Å². The van der Waals surface area contributed by atoms with Crippen LogP contribution >= 0.6 is 22.9 Å². The third kappa shape index (κ3) is 3.37. The van der Waals surface area contributed by atoms with Crippen molar-refractivity contribution in [1.82, 2.24) is 14.9 Å². The van der Waals surface area contributed by atoms with Crippen LogP contribution in [0.5, 0.6) is 0 Å². The Morgan fingerprint density at radius 1 is 1.39 bits per heavy atom. The van der Waals surface area contributed by atoms with E-state index in [-0.39, 0.29) is 0 Å². The van der Waals surface area contributed by atoms with Gasteiger partial charge < -0.3 is 5.32 Å². The summed E-state index contributed by atoms with van der Waals surface area (Å²) in [4.78, 5) is 2.76. The zero-order valence-corrected chi connectivity index (χ0v) is 12.5. The molecule has 98 valence electrons. The van der Waals surface area contributed by atoms with Gasteiger partial charge in [0.05, 0.1) is 10.6 Å². The molecule has 0 amide bonds. The minimum Gasteiger partial charge on any atom is -0.312 e. The van der Waals surface area contributed by atoms with E-state index in [1.807, 2.05) is 18.4 Å². The van der Waals surface area contributed by atoms with Crippen LogP contribution in [0.25, 0.3) is 0 Å². The van der Waals surface area contributed by atoms with Gasteiger partial charge in [0, 0.05) is 10.9 Å². The Labute approximate surface area is 116 Å². The molecule has 18 heavy (non-hydrogen) atoms. The molecule has 2 aromatic heterocycles. The summed E-state index contributed by atoms with van der Waals surface area (Å²) in [5.41, 5.74) is 1.17. The highest BCUT2D eigenvalue weighted by Crippen LogP contribution is 2.26. The van der Waals surface area contributed by atoms with Gasteiger partial charge in [-0.25, -0.2) is 0 Å². The molecule has 0 saturated carbocycles. The largest absolute Gasteiger partial charge is 0.312 e. The molecule has 0 spiro atoms. The number of thiophene rings is 1. The molecule has 1 atom stereocenters. The van der Waals surface area contributed by atoms with E-state index in [2.05, 4.69) is 39.3 Å². The lowest BCUT2D eigenvalue weighted by Crippen LogP contribution is -2.17. The van der Waals surface area contributed by atoms with Crippen LogP contribution in [-0.4, -0.2) is 16.6 Å². The van der Waals surface area contributed by atoms with E-state index in [4.69, 9.17) is 0 Å². The van der Waals surface area contributed by atoms with Gasteiger partial charge in [-0.2, -0.15) is 0 Å². The van der Waals surface area contributed by atoms with Crippen LogP contribution < -0.4 is 5.32 Å². The molecule has 1 unspecified atom stereocenters. The fraction of sp³-hybridized carbons (Fsp3) is 0.538. The predicted octanol–water partition coefficient (Wildman–Crippen LogP) is 3.45. The number of nitrogens with one attached hydrogen (secondary N) is 1. The molecule has 0 fully saturated rings. The molecule has 0 aliphatic heterocycles. The van der Waals surface area contributed by atoms with Gasteiger partial charge >= 0.3 is 0 Å². The van der Waals surface area contributed by atoms with Gasteiger partial charge in [0.2, 0.25) is 0 Å². The maximum absolute atomic E-state index is 4.25. The van der Waals surface area contributed by atoms with Crippen molar-refractivity contribution in [1.29, 1.82) is 0 Å². The lowest BCUT2D eigenvalue weighted by Gasteiger charge is -2.14. The molecule has 0 saturated heterocycles. The standard InChI is InChI=1S/C13H19N3S2/c1-3-5-12-13(18-16-15-12)11(14-2)8-7-10-6-4-9-17-10/h4,6,9,11,14H,3,5,7-8H2,1-2H3. The third-order valence-corrected chi connectivity index (χ3v) is 4.81. The van der Waals surface area contributed by atoms with Gasteiger partial charge in [-0.05, 0) is 49.3 Å². The fourth-order valence-electron chi connectivity index (χ4n) is 2.04. The molecular weight excluding hydrogens is 262 g/mol. The van der Waals surface area contributed by atoms with Crippen molar-refractivity contribution in [2.45, 2.75) is 38.6 Å². The van der Waals surface area contributed by atoms with Crippen molar-refractivity contribution in [2.75, 3.05) is 7.05 Å². The number of rotatable bonds is 7.